The average Bonchev–Trinajstić information content (AvgIpc) is 2.62. The lowest BCUT2D eigenvalue weighted by atomic mass is 9.98. The van der Waals surface area contributed by atoms with Crippen LogP contribution in [0.5, 0.6) is 0 Å². The van der Waals surface area contributed by atoms with Crippen molar-refractivity contribution in [2.45, 2.75) is 45.7 Å². The fourth-order valence-corrected chi connectivity index (χ4v) is 3.96. The van der Waals surface area contributed by atoms with Crippen LogP contribution in [0, 0.1) is 13.8 Å². The van der Waals surface area contributed by atoms with Gasteiger partial charge in [0.1, 0.15) is 0 Å². The summed E-state index contributed by atoms with van der Waals surface area (Å²) in [5.41, 5.74) is 3.18. The van der Waals surface area contributed by atoms with E-state index in [0.717, 1.165) is 37.2 Å². The van der Waals surface area contributed by atoms with Crippen molar-refractivity contribution in [1.82, 2.24) is 20.0 Å². The molecule has 1 aromatic carbocycles. The van der Waals surface area contributed by atoms with E-state index in [4.69, 9.17) is 0 Å². The number of likely N-dealkylation sites (tertiary alicyclic amines) is 2. The number of amides is 4. The first-order valence-electron chi connectivity index (χ1n) is 10.3. The van der Waals surface area contributed by atoms with Crippen molar-refractivity contribution in [1.29, 1.82) is 0 Å². The molecule has 2 aliphatic rings. The molecule has 2 N–H and O–H groups in total. The van der Waals surface area contributed by atoms with Crippen molar-refractivity contribution in [3.63, 3.8) is 0 Å². The lowest BCUT2D eigenvalue weighted by molar-refractivity contribution is 0.0380. The molecule has 2 aliphatic heterocycles. The average molecular weight is 388 g/mol. The second kappa shape index (κ2) is 8.82. The SMILES string of the molecule is CCNC(=O)N(C1CCN(C)CC1)C1CN(C(=O)Nc2ccc(C)c(C)c2)C1. The Morgan fingerprint density at radius 1 is 1.11 bits per heavy atom. The van der Waals surface area contributed by atoms with Gasteiger partial charge in [0, 0.05) is 31.4 Å². The van der Waals surface area contributed by atoms with Gasteiger partial charge in [0.15, 0.2) is 0 Å². The van der Waals surface area contributed by atoms with Crippen LogP contribution < -0.4 is 10.6 Å². The van der Waals surface area contributed by atoms with Crippen molar-refractivity contribution < 1.29 is 9.59 Å². The number of urea groups is 2. The van der Waals surface area contributed by atoms with Gasteiger partial charge in [-0.3, -0.25) is 0 Å². The third kappa shape index (κ3) is 4.58. The minimum absolute atomic E-state index is 0.00345. The van der Waals surface area contributed by atoms with Crippen LogP contribution in [0.3, 0.4) is 0 Å². The second-order valence-corrected chi connectivity index (χ2v) is 8.07. The van der Waals surface area contributed by atoms with E-state index in [9.17, 15) is 9.59 Å². The standard InChI is InChI=1S/C21H33N5O2/c1-5-22-20(27)26(18-8-10-24(4)11-9-18)19-13-25(14-19)21(28)23-17-7-6-15(2)16(3)12-17/h6-7,12,18-19H,5,8-11,13-14H2,1-4H3,(H,22,27)(H,23,28). The van der Waals surface area contributed by atoms with E-state index >= 15 is 0 Å². The van der Waals surface area contributed by atoms with Gasteiger partial charge in [-0.15, -0.1) is 0 Å². The molecule has 154 valence electrons. The normalized spacial score (nSPS) is 18.5. The Bertz CT molecular complexity index is 709. The van der Waals surface area contributed by atoms with Crippen LogP contribution in [-0.4, -0.2) is 78.6 Å². The van der Waals surface area contributed by atoms with Crippen molar-refractivity contribution >= 4 is 17.7 Å². The van der Waals surface area contributed by atoms with Crippen LogP contribution in [0.15, 0.2) is 18.2 Å². The number of hydrogen-bond donors (Lipinski definition) is 2. The first-order chi connectivity index (χ1) is 13.4. The molecule has 2 saturated heterocycles. The number of nitrogens with one attached hydrogen (secondary N) is 2. The molecule has 7 nitrogen and oxygen atoms in total. The molecule has 3 rings (SSSR count). The van der Waals surface area contributed by atoms with Crippen molar-refractivity contribution in [3.8, 4) is 0 Å². The molecule has 0 aromatic heterocycles. The van der Waals surface area contributed by atoms with Gasteiger partial charge < -0.3 is 25.3 Å². The summed E-state index contributed by atoms with van der Waals surface area (Å²) in [6.45, 7) is 9.83. The number of aryl methyl sites for hydroxylation is 2. The Hall–Kier alpha value is -2.28. The van der Waals surface area contributed by atoms with Gasteiger partial charge >= 0.3 is 12.1 Å². The Morgan fingerprint density at radius 3 is 2.39 bits per heavy atom. The highest BCUT2D eigenvalue weighted by atomic mass is 16.2. The fraction of sp³-hybridized carbons (Fsp3) is 0.619. The van der Waals surface area contributed by atoms with Crippen LogP contribution in [0.4, 0.5) is 15.3 Å². The van der Waals surface area contributed by atoms with Gasteiger partial charge in [0.05, 0.1) is 6.04 Å². The summed E-state index contributed by atoms with van der Waals surface area (Å²) in [6.07, 6.45) is 1.97. The number of carbonyl (C=O) groups is 2. The number of anilines is 1. The van der Waals surface area contributed by atoms with E-state index in [2.05, 4.69) is 29.5 Å². The van der Waals surface area contributed by atoms with Gasteiger partial charge in [0.2, 0.25) is 0 Å². The summed E-state index contributed by atoms with van der Waals surface area (Å²) in [5.74, 6) is 0. The van der Waals surface area contributed by atoms with Crippen LogP contribution >= 0.6 is 0 Å². The minimum Gasteiger partial charge on any atom is -0.338 e. The van der Waals surface area contributed by atoms with Crippen molar-refractivity contribution in [3.05, 3.63) is 29.3 Å². The zero-order valence-corrected chi connectivity index (χ0v) is 17.5. The van der Waals surface area contributed by atoms with Crippen LogP contribution in [0.2, 0.25) is 0 Å². The topological polar surface area (TPSA) is 67.9 Å². The number of piperidine rings is 1. The lowest BCUT2D eigenvalue weighted by Crippen LogP contribution is -2.67. The second-order valence-electron chi connectivity index (χ2n) is 8.07. The minimum atomic E-state index is -0.0984. The highest BCUT2D eigenvalue weighted by Gasteiger charge is 2.40. The summed E-state index contributed by atoms with van der Waals surface area (Å²) in [6, 6.07) is 6.17. The zero-order chi connectivity index (χ0) is 20.3. The Kier molecular flexibility index (Phi) is 6.44. The summed E-state index contributed by atoms with van der Waals surface area (Å²) in [4.78, 5) is 31.3. The summed E-state index contributed by atoms with van der Waals surface area (Å²) >= 11 is 0. The highest BCUT2D eigenvalue weighted by Crippen LogP contribution is 2.24. The third-order valence-electron chi connectivity index (χ3n) is 5.95. The first-order valence-corrected chi connectivity index (χ1v) is 10.3. The van der Waals surface area contributed by atoms with Crippen LogP contribution in [-0.2, 0) is 0 Å². The molecular weight excluding hydrogens is 354 g/mol. The molecule has 0 aliphatic carbocycles. The van der Waals surface area contributed by atoms with Gasteiger partial charge in [-0.1, -0.05) is 6.07 Å². The summed E-state index contributed by atoms with van der Waals surface area (Å²) in [7, 11) is 2.12. The monoisotopic (exact) mass is 387 g/mol. The smallest absolute Gasteiger partial charge is 0.321 e. The lowest BCUT2D eigenvalue weighted by Gasteiger charge is -2.49. The van der Waals surface area contributed by atoms with Gasteiger partial charge in [-0.2, -0.15) is 0 Å². The van der Waals surface area contributed by atoms with Gasteiger partial charge in [-0.05, 0) is 77.0 Å². The van der Waals surface area contributed by atoms with E-state index in [-0.39, 0.29) is 24.1 Å². The maximum atomic E-state index is 12.7. The quantitative estimate of drug-likeness (QED) is 0.835. The number of hydrogen-bond acceptors (Lipinski definition) is 3. The number of nitrogens with zero attached hydrogens (tertiary/aromatic N) is 3. The zero-order valence-electron chi connectivity index (χ0n) is 17.5. The molecule has 4 amide bonds. The summed E-state index contributed by atoms with van der Waals surface area (Å²) in [5, 5.41) is 5.93. The van der Waals surface area contributed by atoms with E-state index in [1.807, 2.05) is 36.9 Å². The van der Waals surface area contributed by atoms with Gasteiger partial charge in [0.25, 0.3) is 0 Å². The molecule has 0 bridgehead atoms. The molecule has 2 fully saturated rings. The molecule has 0 saturated carbocycles. The maximum absolute atomic E-state index is 12.7. The number of rotatable bonds is 4. The fourth-order valence-electron chi connectivity index (χ4n) is 3.96. The van der Waals surface area contributed by atoms with Crippen molar-refractivity contribution in [2.24, 2.45) is 0 Å². The first kappa shape index (κ1) is 20.5. The van der Waals surface area contributed by atoms with Crippen molar-refractivity contribution in [2.75, 3.05) is 45.1 Å². The highest BCUT2D eigenvalue weighted by molar-refractivity contribution is 5.90. The van der Waals surface area contributed by atoms with E-state index in [1.54, 1.807) is 4.90 Å². The van der Waals surface area contributed by atoms with E-state index < -0.39 is 0 Å². The molecular formula is C21H33N5O2. The Labute approximate surface area is 168 Å². The predicted molar refractivity (Wildman–Crippen MR) is 112 cm³/mol. The maximum Gasteiger partial charge on any atom is 0.321 e. The van der Waals surface area contributed by atoms with E-state index in [0.29, 0.717) is 19.6 Å². The van der Waals surface area contributed by atoms with Gasteiger partial charge in [-0.25, -0.2) is 9.59 Å². The Balaban J connectivity index is 1.58. The molecule has 0 unspecified atom stereocenters. The summed E-state index contributed by atoms with van der Waals surface area (Å²) < 4.78 is 0. The van der Waals surface area contributed by atoms with Crippen LogP contribution in [0.25, 0.3) is 0 Å². The molecule has 1 aromatic rings. The largest absolute Gasteiger partial charge is 0.338 e. The molecule has 7 heteroatoms. The molecule has 0 radical (unpaired) electrons. The van der Waals surface area contributed by atoms with E-state index in [1.165, 1.54) is 5.56 Å². The molecule has 0 spiro atoms. The molecule has 2 heterocycles. The third-order valence-corrected chi connectivity index (χ3v) is 5.95. The predicted octanol–water partition coefficient (Wildman–Crippen LogP) is 2.65. The van der Waals surface area contributed by atoms with Crippen LogP contribution in [0.1, 0.15) is 30.9 Å². The molecule has 28 heavy (non-hydrogen) atoms. The molecule has 0 atom stereocenters. The Morgan fingerprint density at radius 2 is 1.79 bits per heavy atom. The number of benzene rings is 1. The number of carbonyl (C=O) groups excluding carboxylic acids is 2.